The van der Waals surface area contributed by atoms with Gasteiger partial charge in [0, 0.05) is 12.4 Å². The molecule has 2 aromatic rings. The van der Waals surface area contributed by atoms with Crippen LogP contribution in [0, 0.1) is 6.92 Å². The number of rotatable bonds is 2. The number of halogens is 1. The second kappa shape index (κ2) is 4.51. The van der Waals surface area contributed by atoms with Gasteiger partial charge in [-0.1, -0.05) is 11.6 Å². The molecule has 0 bridgehead atoms. The van der Waals surface area contributed by atoms with Gasteiger partial charge in [0.15, 0.2) is 0 Å². The third-order valence-corrected chi connectivity index (χ3v) is 2.60. The quantitative estimate of drug-likeness (QED) is 0.827. The van der Waals surface area contributed by atoms with Gasteiger partial charge in [0.2, 0.25) is 5.78 Å². The summed E-state index contributed by atoms with van der Waals surface area (Å²) in [6.45, 7) is 1.81. The molecule has 0 aliphatic carbocycles. The Labute approximate surface area is 103 Å². The van der Waals surface area contributed by atoms with Crippen LogP contribution in [0.2, 0.25) is 5.02 Å². The molecule has 0 fully saturated rings. The van der Waals surface area contributed by atoms with E-state index in [9.17, 15) is 4.79 Å². The molecule has 4 nitrogen and oxygen atoms in total. The highest BCUT2D eigenvalue weighted by Crippen LogP contribution is 2.18. The van der Waals surface area contributed by atoms with Gasteiger partial charge in [-0.15, -0.1) is 0 Å². The lowest BCUT2D eigenvalue weighted by molar-refractivity contribution is 0.103. The van der Waals surface area contributed by atoms with Crippen LogP contribution in [0.5, 0.6) is 0 Å². The number of anilines is 1. The van der Waals surface area contributed by atoms with Gasteiger partial charge in [-0.3, -0.25) is 9.78 Å². The molecule has 2 aromatic heterocycles. The Morgan fingerprint density at radius 1 is 1.29 bits per heavy atom. The molecule has 2 heterocycles. The van der Waals surface area contributed by atoms with Crippen molar-refractivity contribution < 1.29 is 4.79 Å². The zero-order valence-corrected chi connectivity index (χ0v) is 9.90. The standard InChI is InChI=1S/C12H10ClN3O/c1-7-4-5-15-12(14)10(7)11(17)9-3-2-8(13)6-16-9/h2-6H,1H3,(H2,14,15). The first-order chi connectivity index (χ1) is 8.09. The second-order valence-electron chi connectivity index (χ2n) is 3.58. The fourth-order valence-electron chi connectivity index (χ4n) is 1.51. The van der Waals surface area contributed by atoms with Crippen molar-refractivity contribution in [2.45, 2.75) is 6.92 Å². The number of carbonyl (C=O) groups excluding carboxylic acids is 1. The fraction of sp³-hybridized carbons (Fsp3) is 0.0833. The number of aromatic nitrogens is 2. The van der Waals surface area contributed by atoms with Crippen molar-refractivity contribution >= 4 is 23.2 Å². The average Bonchev–Trinajstić information content (AvgIpc) is 2.29. The number of hydrogen-bond donors (Lipinski definition) is 1. The van der Waals surface area contributed by atoms with Crippen molar-refractivity contribution in [3.8, 4) is 0 Å². The van der Waals surface area contributed by atoms with E-state index in [1.165, 1.54) is 6.20 Å². The SMILES string of the molecule is Cc1ccnc(N)c1C(=O)c1ccc(Cl)cn1. The van der Waals surface area contributed by atoms with Crippen molar-refractivity contribution in [3.05, 3.63) is 52.4 Å². The van der Waals surface area contributed by atoms with Crippen molar-refractivity contribution in [2.75, 3.05) is 5.73 Å². The molecule has 0 aliphatic rings. The summed E-state index contributed by atoms with van der Waals surface area (Å²) in [6, 6.07) is 4.92. The van der Waals surface area contributed by atoms with E-state index in [0.29, 0.717) is 16.3 Å². The van der Waals surface area contributed by atoms with Gasteiger partial charge in [-0.2, -0.15) is 0 Å². The summed E-state index contributed by atoms with van der Waals surface area (Å²) in [4.78, 5) is 20.1. The molecule has 0 spiro atoms. The molecule has 0 amide bonds. The molecule has 2 N–H and O–H groups in total. The van der Waals surface area contributed by atoms with Crippen LogP contribution in [-0.4, -0.2) is 15.8 Å². The normalized spacial score (nSPS) is 10.2. The van der Waals surface area contributed by atoms with E-state index in [-0.39, 0.29) is 11.6 Å². The van der Waals surface area contributed by atoms with Crippen LogP contribution in [0.25, 0.3) is 0 Å². The number of carbonyl (C=O) groups is 1. The van der Waals surface area contributed by atoms with Crippen LogP contribution < -0.4 is 5.73 Å². The number of ketones is 1. The van der Waals surface area contributed by atoms with Gasteiger partial charge < -0.3 is 5.73 Å². The average molecular weight is 248 g/mol. The van der Waals surface area contributed by atoms with Crippen molar-refractivity contribution in [2.24, 2.45) is 0 Å². The predicted octanol–water partition coefficient (Wildman–Crippen LogP) is 2.25. The zero-order valence-electron chi connectivity index (χ0n) is 9.14. The first kappa shape index (κ1) is 11.5. The summed E-state index contributed by atoms with van der Waals surface area (Å²) in [7, 11) is 0. The molecule has 17 heavy (non-hydrogen) atoms. The number of hydrogen-bond acceptors (Lipinski definition) is 4. The van der Waals surface area contributed by atoms with Crippen LogP contribution in [0.15, 0.2) is 30.6 Å². The lowest BCUT2D eigenvalue weighted by Crippen LogP contribution is -2.10. The summed E-state index contributed by atoms with van der Waals surface area (Å²) in [6.07, 6.45) is 2.99. The predicted molar refractivity (Wildman–Crippen MR) is 66.1 cm³/mol. The van der Waals surface area contributed by atoms with Crippen molar-refractivity contribution in [1.29, 1.82) is 0 Å². The summed E-state index contributed by atoms with van der Waals surface area (Å²) in [5, 5.41) is 0.484. The molecule has 2 rings (SSSR count). The smallest absolute Gasteiger partial charge is 0.215 e. The van der Waals surface area contributed by atoms with E-state index >= 15 is 0 Å². The van der Waals surface area contributed by atoms with Gasteiger partial charge in [0.1, 0.15) is 11.5 Å². The highest BCUT2D eigenvalue weighted by Gasteiger charge is 2.16. The number of pyridine rings is 2. The minimum atomic E-state index is -0.246. The van der Waals surface area contributed by atoms with Gasteiger partial charge in [0.05, 0.1) is 10.6 Å². The maximum absolute atomic E-state index is 12.2. The van der Waals surface area contributed by atoms with E-state index in [1.54, 1.807) is 31.3 Å². The van der Waals surface area contributed by atoms with Crippen LogP contribution in [0.3, 0.4) is 0 Å². The van der Waals surface area contributed by atoms with Crippen molar-refractivity contribution in [3.63, 3.8) is 0 Å². The maximum atomic E-state index is 12.2. The summed E-state index contributed by atoms with van der Waals surface area (Å²) in [5.74, 6) is -0.0310. The maximum Gasteiger partial charge on any atom is 0.215 e. The number of aryl methyl sites for hydroxylation is 1. The van der Waals surface area contributed by atoms with Crippen LogP contribution in [0.1, 0.15) is 21.6 Å². The van der Waals surface area contributed by atoms with E-state index in [1.807, 2.05) is 0 Å². The monoisotopic (exact) mass is 247 g/mol. The van der Waals surface area contributed by atoms with Gasteiger partial charge in [-0.25, -0.2) is 4.98 Å². The molecule has 0 aromatic carbocycles. The number of nitrogens with zero attached hydrogens (tertiary/aromatic N) is 2. The van der Waals surface area contributed by atoms with E-state index in [4.69, 9.17) is 17.3 Å². The minimum Gasteiger partial charge on any atom is -0.383 e. The largest absolute Gasteiger partial charge is 0.383 e. The highest BCUT2D eigenvalue weighted by atomic mass is 35.5. The topological polar surface area (TPSA) is 68.9 Å². The Kier molecular flexibility index (Phi) is 3.06. The first-order valence-corrected chi connectivity index (χ1v) is 5.34. The van der Waals surface area contributed by atoms with Crippen LogP contribution >= 0.6 is 11.6 Å². The third-order valence-electron chi connectivity index (χ3n) is 2.38. The Balaban J connectivity index is 2.47. The molecule has 86 valence electrons. The summed E-state index contributed by atoms with van der Waals surface area (Å²) in [5.41, 5.74) is 7.17. The van der Waals surface area contributed by atoms with Gasteiger partial charge >= 0.3 is 0 Å². The minimum absolute atomic E-state index is 0.215. The Hall–Kier alpha value is -1.94. The molecule has 0 atom stereocenters. The van der Waals surface area contributed by atoms with E-state index in [2.05, 4.69) is 9.97 Å². The second-order valence-corrected chi connectivity index (χ2v) is 4.02. The lowest BCUT2D eigenvalue weighted by Gasteiger charge is -2.06. The van der Waals surface area contributed by atoms with Gasteiger partial charge in [-0.05, 0) is 30.7 Å². The first-order valence-electron chi connectivity index (χ1n) is 4.97. The van der Waals surface area contributed by atoms with E-state index in [0.717, 1.165) is 5.56 Å². The Bertz CT molecular complexity index is 546. The van der Waals surface area contributed by atoms with E-state index < -0.39 is 0 Å². The third kappa shape index (κ3) is 2.26. The molecular formula is C12H10ClN3O. The van der Waals surface area contributed by atoms with Gasteiger partial charge in [0.25, 0.3) is 0 Å². The van der Waals surface area contributed by atoms with Crippen LogP contribution in [0.4, 0.5) is 5.82 Å². The number of nitrogens with two attached hydrogens (primary N) is 1. The molecule has 0 saturated carbocycles. The highest BCUT2D eigenvalue weighted by molar-refractivity contribution is 6.30. The molecule has 0 radical (unpaired) electrons. The van der Waals surface area contributed by atoms with Crippen LogP contribution in [-0.2, 0) is 0 Å². The molecule has 0 saturated heterocycles. The zero-order chi connectivity index (χ0) is 12.4. The molecular weight excluding hydrogens is 238 g/mol. The molecule has 5 heteroatoms. The molecule has 0 aliphatic heterocycles. The molecule has 0 unspecified atom stereocenters. The number of nitrogen functional groups attached to an aromatic ring is 1. The van der Waals surface area contributed by atoms with Crippen molar-refractivity contribution in [1.82, 2.24) is 9.97 Å². The fourth-order valence-corrected chi connectivity index (χ4v) is 1.62. The Morgan fingerprint density at radius 3 is 2.65 bits per heavy atom. The summed E-state index contributed by atoms with van der Waals surface area (Å²) >= 11 is 5.71. The lowest BCUT2D eigenvalue weighted by atomic mass is 10.0. The summed E-state index contributed by atoms with van der Waals surface area (Å²) < 4.78 is 0. The Morgan fingerprint density at radius 2 is 2.06 bits per heavy atom.